The number of carbonyl (C=O) groups excluding carboxylic acids is 1. The first-order valence-corrected chi connectivity index (χ1v) is 6.45. The molecule has 1 aromatic heterocycles. The van der Waals surface area contributed by atoms with E-state index in [9.17, 15) is 9.90 Å². The number of ether oxygens (including phenoxy) is 1. The van der Waals surface area contributed by atoms with E-state index in [0.29, 0.717) is 13.0 Å². The Hall–Kier alpha value is -1.72. The highest BCUT2D eigenvalue weighted by Gasteiger charge is 2.34. The molecule has 1 aliphatic rings. The lowest BCUT2D eigenvalue weighted by Crippen LogP contribution is -2.42. The van der Waals surface area contributed by atoms with E-state index in [0.717, 1.165) is 11.3 Å². The fraction of sp³-hybridized carbons (Fsp3) is 0.692. The number of nitrogens with zero attached hydrogens (tertiary/aromatic N) is 3. The van der Waals surface area contributed by atoms with E-state index in [1.807, 2.05) is 27.7 Å². The van der Waals surface area contributed by atoms with Gasteiger partial charge in [0, 0.05) is 19.2 Å². The summed E-state index contributed by atoms with van der Waals surface area (Å²) < 4.78 is 6.83. The number of aromatic nitrogens is 2. The Bertz CT molecular complexity index is 502. The van der Waals surface area contributed by atoms with Crippen LogP contribution in [0, 0.1) is 0 Å². The molecule has 6 heteroatoms. The molecular weight excluding hydrogens is 246 g/mol. The average molecular weight is 267 g/mol. The van der Waals surface area contributed by atoms with Crippen LogP contribution in [-0.4, -0.2) is 38.0 Å². The molecule has 2 heterocycles. The van der Waals surface area contributed by atoms with E-state index in [2.05, 4.69) is 5.10 Å². The van der Waals surface area contributed by atoms with E-state index in [4.69, 9.17) is 4.74 Å². The van der Waals surface area contributed by atoms with Crippen LogP contribution in [0.4, 0.5) is 4.79 Å². The van der Waals surface area contributed by atoms with Crippen LogP contribution in [0.3, 0.4) is 0 Å². The van der Waals surface area contributed by atoms with E-state index >= 15 is 0 Å². The van der Waals surface area contributed by atoms with Crippen LogP contribution in [0.1, 0.15) is 45.0 Å². The number of aromatic hydroxyl groups is 1. The molecule has 1 N–H and O–H groups in total. The second-order valence-corrected chi connectivity index (χ2v) is 5.91. The van der Waals surface area contributed by atoms with Gasteiger partial charge in [-0.05, 0) is 34.1 Å². The van der Waals surface area contributed by atoms with Gasteiger partial charge in [-0.25, -0.2) is 9.48 Å². The maximum absolute atomic E-state index is 12.1. The summed E-state index contributed by atoms with van der Waals surface area (Å²) in [7, 11) is 1.69. The molecule has 0 radical (unpaired) electrons. The summed E-state index contributed by atoms with van der Waals surface area (Å²) in [6.45, 7) is 7.96. The quantitative estimate of drug-likeness (QED) is 0.780. The maximum atomic E-state index is 12.1. The average Bonchev–Trinajstić information content (AvgIpc) is 2.55. The Morgan fingerprint density at radius 3 is 2.68 bits per heavy atom. The number of carbonyl (C=O) groups is 1. The third-order valence-corrected chi connectivity index (χ3v) is 3.24. The van der Waals surface area contributed by atoms with Gasteiger partial charge in [0.25, 0.3) is 0 Å². The van der Waals surface area contributed by atoms with E-state index in [-0.39, 0.29) is 18.0 Å². The van der Waals surface area contributed by atoms with Gasteiger partial charge in [-0.3, -0.25) is 4.90 Å². The van der Waals surface area contributed by atoms with Crippen LogP contribution in [0.15, 0.2) is 0 Å². The maximum Gasteiger partial charge on any atom is 0.410 e. The van der Waals surface area contributed by atoms with Crippen molar-refractivity contribution >= 4 is 6.09 Å². The first kappa shape index (κ1) is 13.7. The molecule has 0 aromatic carbocycles. The van der Waals surface area contributed by atoms with Crippen LogP contribution in [0.25, 0.3) is 0 Å². The first-order chi connectivity index (χ1) is 8.70. The standard InChI is InChI=1S/C13H21N3O3/c1-8-10-9(11(17)15(5)14-10)6-7-16(8)12(18)19-13(2,3)4/h8,17H,6-7H2,1-5H3/t8-/m1/s1. The summed E-state index contributed by atoms with van der Waals surface area (Å²) in [4.78, 5) is 13.8. The van der Waals surface area contributed by atoms with Crippen molar-refractivity contribution in [2.75, 3.05) is 6.54 Å². The zero-order valence-corrected chi connectivity index (χ0v) is 12.1. The molecule has 106 valence electrons. The molecule has 0 unspecified atom stereocenters. The summed E-state index contributed by atoms with van der Waals surface area (Å²) in [5, 5.41) is 14.2. The monoisotopic (exact) mass is 267 g/mol. The van der Waals surface area contributed by atoms with Gasteiger partial charge in [-0.1, -0.05) is 0 Å². The largest absolute Gasteiger partial charge is 0.493 e. The highest BCUT2D eigenvalue weighted by Crippen LogP contribution is 2.34. The zero-order valence-electron chi connectivity index (χ0n) is 12.1. The van der Waals surface area contributed by atoms with Gasteiger partial charge in [0.2, 0.25) is 5.88 Å². The minimum Gasteiger partial charge on any atom is -0.493 e. The van der Waals surface area contributed by atoms with Crippen LogP contribution < -0.4 is 0 Å². The second kappa shape index (κ2) is 4.43. The Kier molecular flexibility index (Phi) is 3.20. The number of fused-ring (bicyclic) bond motifs is 1. The Labute approximate surface area is 113 Å². The van der Waals surface area contributed by atoms with Gasteiger partial charge >= 0.3 is 6.09 Å². The van der Waals surface area contributed by atoms with E-state index in [1.54, 1.807) is 11.9 Å². The van der Waals surface area contributed by atoms with Gasteiger partial charge < -0.3 is 9.84 Å². The number of hydrogen-bond donors (Lipinski definition) is 1. The molecular formula is C13H21N3O3. The third-order valence-electron chi connectivity index (χ3n) is 3.24. The molecule has 0 spiro atoms. The number of rotatable bonds is 0. The van der Waals surface area contributed by atoms with Crippen molar-refractivity contribution in [2.45, 2.75) is 45.8 Å². The minimum atomic E-state index is -0.511. The molecule has 0 saturated carbocycles. The zero-order chi connectivity index (χ0) is 14.4. The van der Waals surface area contributed by atoms with Crippen molar-refractivity contribution in [3.8, 4) is 5.88 Å². The van der Waals surface area contributed by atoms with Gasteiger partial charge in [0.15, 0.2) is 0 Å². The van der Waals surface area contributed by atoms with Gasteiger partial charge in [0.05, 0.1) is 11.7 Å². The molecule has 1 aromatic rings. The second-order valence-electron chi connectivity index (χ2n) is 5.91. The number of hydrogen-bond acceptors (Lipinski definition) is 4. The van der Waals surface area contributed by atoms with Crippen LogP contribution >= 0.6 is 0 Å². The Morgan fingerprint density at radius 1 is 1.47 bits per heavy atom. The molecule has 1 atom stereocenters. The Morgan fingerprint density at radius 2 is 2.11 bits per heavy atom. The van der Waals surface area contributed by atoms with Crippen molar-refractivity contribution in [3.05, 3.63) is 11.3 Å². The number of aryl methyl sites for hydroxylation is 1. The predicted octanol–water partition coefficient (Wildman–Crippen LogP) is 1.98. The van der Waals surface area contributed by atoms with Crippen molar-refractivity contribution in [1.29, 1.82) is 0 Å². The Balaban J connectivity index is 2.22. The summed E-state index contributed by atoms with van der Waals surface area (Å²) in [5.41, 5.74) is 1.07. The van der Waals surface area contributed by atoms with Crippen molar-refractivity contribution in [1.82, 2.24) is 14.7 Å². The van der Waals surface area contributed by atoms with Gasteiger partial charge in [0.1, 0.15) is 5.60 Å². The molecule has 6 nitrogen and oxygen atoms in total. The predicted molar refractivity (Wildman–Crippen MR) is 69.9 cm³/mol. The molecule has 0 fully saturated rings. The van der Waals surface area contributed by atoms with E-state index < -0.39 is 5.60 Å². The van der Waals surface area contributed by atoms with Crippen LogP contribution in [-0.2, 0) is 18.2 Å². The third kappa shape index (κ3) is 2.52. The SMILES string of the molecule is C[C@@H]1c2nn(C)c(O)c2CCN1C(=O)OC(C)(C)C. The minimum absolute atomic E-state index is 0.186. The lowest BCUT2D eigenvalue weighted by molar-refractivity contribution is 0.0155. The smallest absolute Gasteiger partial charge is 0.410 e. The normalized spacial score (nSPS) is 19.2. The van der Waals surface area contributed by atoms with Crippen molar-refractivity contribution in [2.24, 2.45) is 7.05 Å². The number of amides is 1. The van der Waals surface area contributed by atoms with Gasteiger partial charge in [-0.15, -0.1) is 0 Å². The van der Waals surface area contributed by atoms with Crippen molar-refractivity contribution < 1.29 is 14.6 Å². The molecule has 19 heavy (non-hydrogen) atoms. The molecule has 0 bridgehead atoms. The molecule has 1 amide bonds. The lowest BCUT2D eigenvalue weighted by atomic mass is 10.0. The van der Waals surface area contributed by atoms with Crippen molar-refractivity contribution in [3.63, 3.8) is 0 Å². The fourth-order valence-electron chi connectivity index (χ4n) is 2.30. The highest BCUT2D eigenvalue weighted by molar-refractivity contribution is 5.69. The summed E-state index contributed by atoms with van der Waals surface area (Å²) in [6.07, 6.45) is 0.259. The van der Waals surface area contributed by atoms with Gasteiger partial charge in [-0.2, -0.15) is 5.10 Å². The van der Waals surface area contributed by atoms with Crippen LogP contribution in [0.2, 0.25) is 0 Å². The summed E-state index contributed by atoms with van der Waals surface area (Å²) in [5.74, 6) is 0.186. The topological polar surface area (TPSA) is 67.6 Å². The molecule has 0 aliphatic carbocycles. The molecule has 0 saturated heterocycles. The van der Waals surface area contributed by atoms with E-state index in [1.165, 1.54) is 4.68 Å². The molecule has 1 aliphatic heterocycles. The van der Waals surface area contributed by atoms with Crippen LogP contribution in [0.5, 0.6) is 5.88 Å². The summed E-state index contributed by atoms with van der Waals surface area (Å²) >= 11 is 0. The lowest BCUT2D eigenvalue weighted by Gasteiger charge is -2.34. The summed E-state index contributed by atoms with van der Waals surface area (Å²) in [6, 6.07) is -0.189. The first-order valence-electron chi connectivity index (χ1n) is 6.45. The molecule has 2 rings (SSSR count). The fourth-order valence-corrected chi connectivity index (χ4v) is 2.30. The highest BCUT2D eigenvalue weighted by atomic mass is 16.6.